The first-order chi connectivity index (χ1) is 24.1. The molecule has 1 spiro atoms. The summed E-state index contributed by atoms with van der Waals surface area (Å²) in [5.41, 5.74) is 2.04. The second kappa shape index (κ2) is 13.8. The van der Waals surface area contributed by atoms with Crippen LogP contribution in [0.5, 0.6) is 5.75 Å². The molecule has 0 aromatic heterocycles. The van der Waals surface area contributed by atoms with Crippen LogP contribution in [0.25, 0.3) is 0 Å². The number of ether oxygens (including phenoxy) is 1. The first kappa shape index (κ1) is 37.0. The van der Waals surface area contributed by atoms with E-state index >= 15 is 0 Å². The zero-order valence-electron chi connectivity index (χ0n) is 29.9. The molecule has 2 aromatic carbocycles. The standard InChI is InChI=1S/C38H52ClN3O7S2/c1-25-6-4-16-38(44,23-41-17-14-31(21-41)50(3,45)46)33-11-8-29(33)20-42-22-37(15-5-7-27-18-30(39)10-12-32(27)37)24-49-35-13-9-28(19-34(35)42)36(43)40-51(47,48)26(25)2/h9-10,12-13,18-19,25-26,29,31,33,44H,4-8,11,14-17,20-24H2,1-3H3,(H,40,43)/t25-,26+,29-,31-,33+,37-,38+/m0/s1. The van der Waals surface area contributed by atoms with Gasteiger partial charge in [0.2, 0.25) is 10.0 Å². The third-order valence-electron chi connectivity index (χ3n) is 13.0. The first-order valence-corrected chi connectivity index (χ1v) is 22.5. The topological polar surface area (TPSA) is 133 Å². The number of aryl methyl sites for hydroxylation is 1. The molecule has 2 aliphatic carbocycles. The Morgan fingerprint density at radius 3 is 2.57 bits per heavy atom. The van der Waals surface area contributed by atoms with Crippen molar-refractivity contribution in [2.75, 3.05) is 50.5 Å². The van der Waals surface area contributed by atoms with Crippen molar-refractivity contribution in [1.29, 1.82) is 0 Å². The van der Waals surface area contributed by atoms with Gasteiger partial charge in [0, 0.05) is 48.4 Å². The fourth-order valence-electron chi connectivity index (χ4n) is 9.64. The van der Waals surface area contributed by atoms with E-state index in [1.54, 1.807) is 25.1 Å². The molecule has 10 nitrogen and oxygen atoms in total. The maximum Gasteiger partial charge on any atom is 0.264 e. The lowest BCUT2D eigenvalue weighted by Crippen LogP contribution is -2.56. The molecule has 1 saturated carbocycles. The maximum absolute atomic E-state index is 13.6. The number of likely N-dealkylation sites (tertiary alicyclic amines) is 1. The number of nitrogens with one attached hydrogen (secondary N) is 1. The van der Waals surface area contributed by atoms with E-state index in [0.29, 0.717) is 75.8 Å². The fourth-order valence-corrected chi connectivity index (χ4v) is 12.2. The van der Waals surface area contributed by atoms with Gasteiger partial charge in [-0.05, 0) is 124 Å². The van der Waals surface area contributed by atoms with Crippen LogP contribution in [0.2, 0.25) is 5.02 Å². The van der Waals surface area contributed by atoms with Gasteiger partial charge in [-0.25, -0.2) is 21.6 Å². The van der Waals surface area contributed by atoms with Gasteiger partial charge in [-0.1, -0.05) is 31.0 Å². The number of aliphatic hydroxyl groups is 1. The third kappa shape index (κ3) is 7.29. The van der Waals surface area contributed by atoms with Crippen molar-refractivity contribution >= 4 is 43.1 Å². The van der Waals surface area contributed by atoms with Crippen LogP contribution in [0.3, 0.4) is 0 Å². The normalized spacial score (nSPS) is 34.4. The Labute approximate surface area is 308 Å². The minimum atomic E-state index is -4.00. The van der Waals surface area contributed by atoms with Crippen LogP contribution in [-0.2, 0) is 31.7 Å². The molecule has 2 aromatic rings. The summed E-state index contributed by atoms with van der Waals surface area (Å²) in [6.07, 6.45) is 8.16. The van der Waals surface area contributed by atoms with E-state index in [4.69, 9.17) is 16.3 Å². The number of carbonyl (C=O) groups excluding carboxylic acids is 1. The Balaban J connectivity index is 1.28. The molecule has 0 radical (unpaired) electrons. The lowest BCUT2D eigenvalue weighted by Gasteiger charge is -2.51. The molecule has 2 N–H and O–H groups in total. The van der Waals surface area contributed by atoms with Crippen molar-refractivity contribution in [2.24, 2.45) is 17.8 Å². The molecule has 1 saturated heterocycles. The Hall–Kier alpha value is -2.38. The monoisotopic (exact) mass is 761 g/mol. The predicted molar refractivity (Wildman–Crippen MR) is 200 cm³/mol. The van der Waals surface area contributed by atoms with Crippen LogP contribution >= 0.6 is 11.6 Å². The largest absolute Gasteiger partial charge is 0.490 e. The molecular formula is C38H52ClN3O7S2. The summed E-state index contributed by atoms with van der Waals surface area (Å²) in [6.45, 7) is 6.66. The van der Waals surface area contributed by atoms with E-state index in [1.165, 1.54) is 17.4 Å². The number of anilines is 1. The molecule has 7 atom stereocenters. The smallest absolute Gasteiger partial charge is 0.264 e. The molecule has 3 aliphatic heterocycles. The second-order valence-electron chi connectivity index (χ2n) is 16.4. The fraction of sp³-hybridized carbons (Fsp3) is 0.658. The molecule has 13 heteroatoms. The zero-order valence-corrected chi connectivity index (χ0v) is 32.3. The first-order valence-electron chi connectivity index (χ1n) is 18.6. The number of nitrogens with zero attached hydrogens (tertiary/aromatic N) is 2. The molecular weight excluding hydrogens is 710 g/mol. The van der Waals surface area contributed by atoms with E-state index in [9.17, 15) is 26.7 Å². The summed E-state index contributed by atoms with van der Waals surface area (Å²) < 4.78 is 60.8. The van der Waals surface area contributed by atoms with Crippen LogP contribution in [0.1, 0.15) is 86.7 Å². The molecule has 51 heavy (non-hydrogen) atoms. The highest BCUT2D eigenvalue weighted by molar-refractivity contribution is 7.91. The van der Waals surface area contributed by atoms with Crippen LogP contribution in [0.15, 0.2) is 36.4 Å². The van der Waals surface area contributed by atoms with E-state index < -0.39 is 41.9 Å². The number of benzene rings is 2. The Morgan fingerprint density at radius 2 is 1.84 bits per heavy atom. The highest BCUT2D eigenvalue weighted by atomic mass is 35.5. The number of sulfone groups is 1. The van der Waals surface area contributed by atoms with Gasteiger partial charge < -0.3 is 14.7 Å². The molecule has 1 amide bonds. The van der Waals surface area contributed by atoms with Crippen molar-refractivity contribution in [3.63, 3.8) is 0 Å². The van der Waals surface area contributed by atoms with Gasteiger partial charge in [0.25, 0.3) is 5.91 Å². The molecule has 2 bridgehead atoms. The van der Waals surface area contributed by atoms with Crippen LogP contribution in [0.4, 0.5) is 5.69 Å². The Morgan fingerprint density at radius 1 is 1.04 bits per heavy atom. The molecule has 3 heterocycles. The van der Waals surface area contributed by atoms with E-state index in [-0.39, 0.29) is 28.7 Å². The van der Waals surface area contributed by atoms with Crippen molar-refractivity contribution in [3.05, 3.63) is 58.1 Å². The minimum Gasteiger partial charge on any atom is -0.490 e. The van der Waals surface area contributed by atoms with Crippen molar-refractivity contribution in [2.45, 2.75) is 93.2 Å². The van der Waals surface area contributed by atoms with E-state index in [1.807, 2.05) is 13.0 Å². The number of amides is 1. The number of fused-ring (bicyclic) bond motifs is 4. The summed E-state index contributed by atoms with van der Waals surface area (Å²) >= 11 is 6.45. The Bertz CT molecular complexity index is 1890. The number of rotatable bonds is 3. The number of carbonyl (C=O) groups is 1. The van der Waals surface area contributed by atoms with Crippen molar-refractivity contribution in [1.82, 2.24) is 9.62 Å². The lowest BCUT2D eigenvalue weighted by molar-refractivity contribution is -0.103. The highest BCUT2D eigenvalue weighted by Gasteiger charge is 2.50. The van der Waals surface area contributed by atoms with Crippen LogP contribution < -0.4 is 14.4 Å². The van der Waals surface area contributed by atoms with Crippen LogP contribution in [-0.4, -0.2) is 94.4 Å². The predicted octanol–water partition coefficient (Wildman–Crippen LogP) is 4.96. The van der Waals surface area contributed by atoms with Gasteiger partial charge in [-0.2, -0.15) is 0 Å². The number of sulfonamides is 1. The molecule has 280 valence electrons. The lowest BCUT2D eigenvalue weighted by atomic mass is 9.62. The van der Waals surface area contributed by atoms with E-state index in [0.717, 1.165) is 37.8 Å². The van der Waals surface area contributed by atoms with Gasteiger partial charge in [0.05, 0.1) is 28.4 Å². The van der Waals surface area contributed by atoms with Gasteiger partial charge >= 0.3 is 0 Å². The van der Waals surface area contributed by atoms with Crippen LogP contribution in [0, 0.1) is 17.8 Å². The molecule has 0 unspecified atom stereocenters. The molecule has 2 fully saturated rings. The summed E-state index contributed by atoms with van der Waals surface area (Å²) in [5.74, 6) is -0.139. The van der Waals surface area contributed by atoms with Gasteiger partial charge in [0.15, 0.2) is 9.84 Å². The van der Waals surface area contributed by atoms with E-state index in [2.05, 4.69) is 26.7 Å². The zero-order chi connectivity index (χ0) is 36.3. The molecule has 5 aliphatic rings. The number of β-amino-alcohol motifs (C(OH)–C–C–N with tert-alkyl or cyclic N) is 1. The van der Waals surface area contributed by atoms with Crippen molar-refractivity contribution < 1.29 is 31.5 Å². The second-order valence-corrected chi connectivity index (χ2v) is 21.2. The minimum absolute atomic E-state index is 0.0216. The van der Waals surface area contributed by atoms with Crippen molar-refractivity contribution in [3.8, 4) is 5.75 Å². The number of hydrogen-bond acceptors (Lipinski definition) is 9. The Kier molecular flexibility index (Phi) is 10.00. The summed E-state index contributed by atoms with van der Waals surface area (Å²) in [4.78, 5) is 18.0. The van der Waals surface area contributed by atoms with Gasteiger partial charge in [0.1, 0.15) is 5.75 Å². The van der Waals surface area contributed by atoms with Gasteiger partial charge in [-0.3, -0.25) is 9.69 Å². The third-order valence-corrected chi connectivity index (χ3v) is 16.7. The quantitative estimate of drug-likeness (QED) is 0.446. The summed E-state index contributed by atoms with van der Waals surface area (Å²) in [5, 5.41) is 12.2. The summed E-state index contributed by atoms with van der Waals surface area (Å²) in [6, 6.07) is 11.3. The van der Waals surface area contributed by atoms with Gasteiger partial charge in [-0.15, -0.1) is 0 Å². The highest BCUT2D eigenvalue weighted by Crippen LogP contribution is 2.49. The number of halogens is 1. The number of hydrogen-bond donors (Lipinski definition) is 2. The summed E-state index contributed by atoms with van der Waals surface area (Å²) in [7, 11) is -7.19. The average molecular weight is 762 g/mol. The average Bonchev–Trinajstić information content (AvgIpc) is 3.47. The maximum atomic E-state index is 13.6. The molecule has 7 rings (SSSR count). The SMILES string of the molecule is C[C@@H]1[C@@H](C)CCC[C@@](O)(CN2CC[C@H](S(C)(=O)=O)C2)[C@@H]2CC[C@H]2CN2C[C@@]3(CCCc4cc(Cl)ccc43)COc3ccc(cc32)C(=O)NS1(=O)=O.